The molecule has 33 heavy (non-hydrogen) atoms. The van der Waals surface area contributed by atoms with E-state index in [0.717, 1.165) is 42.1 Å². The molecule has 3 atom stereocenters. The molecule has 1 amide bonds. The molecule has 172 valence electrons. The number of halogens is 3. The summed E-state index contributed by atoms with van der Waals surface area (Å²) in [4.78, 5) is 28.1. The van der Waals surface area contributed by atoms with Gasteiger partial charge in [0.1, 0.15) is 16.8 Å². The van der Waals surface area contributed by atoms with Gasteiger partial charge in [-0.25, -0.2) is 9.97 Å². The Morgan fingerprint density at radius 1 is 1.18 bits per heavy atom. The van der Waals surface area contributed by atoms with Crippen molar-refractivity contribution in [2.24, 2.45) is 5.92 Å². The number of piperidine rings is 2. The van der Waals surface area contributed by atoms with Crippen molar-refractivity contribution in [3.05, 3.63) is 59.0 Å². The maximum absolute atomic E-state index is 13.6. The van der Waals surface area contributed by atoms with E-state index < -0.39 is 11.7 Å². The summed E-state index contributed by atoms with van der Waals surface area (Å²) >= 11 is 1.45. The molecular weight excluding hydrogens is 453 g/mol. The smallest absolute Gasteiger partial charge is 0.417 e. The predicted molar refractivity (Wildman–Crippen MR) is 116 cm³/mol. The number of hydrogen-bond acceptors (Lipinski definition) is 6. The minimum atomic E-state index is -4.45. The van der Waals surface area contributed by atoms with Crippen molar-refractivity contribution in [1.82, 2.24) is 19.9 Å². The van der Waals surface area contributed by atoms with Crippen molar-refractivity contribution in [2.45, 2.75) is 44.5 Å². The Morgan fingerprint density at radius 2 is 2.03 bits per heavy atom. The fourth-order valence-corrected chi connectivity index (χ4v) is 5.31. The van der Waals surface area contributed by atoms with Crippen LogP contribution in [0, 0.1) is 12.8 Å². The lowest BCUT2D eigenvalue weighted by molar-refractivity contribution is -0.137. The minimum Gasteiger partial charge on any atom is -0.472 e. The van der Waals surface area contributed by atoms with Crippen LogP contribution >= 0.6 is 11.3 Å². The lowest BCUT2D eigenvalue weighted by atomic mass is 9.77. The van der Waals surface area contributed by atoms with Crippen LogP contribution < -0.4 is 4.74 Å². The van der Waals surface area contributed by atoms with Gasteiger partial charge in [-0.15, -0.1) is 11.3 Å². The number of hydrogen-bond donors (Lipinski definition) is 0. The minimum absolute atomic E-state index is 0.130. The van der Waals surface area contributed by atoms with E-state index in [0.29, 0.717) is 17.8 Å². The molecule has 1 aliphatic carbocycles. The highest BCUT2D eigenvalue weighted by Gasteiger charge is 2.45. The molecule has 6 rings (SSSR count). The SMILES string of the molecule is Cc1cnc(C(=O)N2C[C@@H]3CC[C@H]2[C@H](Oc2ccc(C(F)(F)F)cn2)C3)c(-c2nccs2)c1. The van der Waals surface area contributed by atoms with Crippen LogP contribution in [-0.4, -0.2) is 44.4 Å². The standard InChI is InChI=1S/C23H21F3N4O2S/c1-13-8-16(21-27-6-7-33-21)20(29-10-13)22(31)30-12-14-2-4-17(30)18(9-14)32-19-5-3-15(11-28-19)23(24,25)26/h3,5-8,10-11,14,17-18H,2,4,9,12H2,1H3/t14-,17+,18-/m1/s1. The predicted octanol–water partition coefficient (Wildman–Crippen LogP) is 5.00. The number of nitrogens with zero attached hydrogens (tertiary/aromatic N) is 4. The summed E-state index contributed by atoms with van der Waals surface area (Å²) in [7, 11) is 0. The zero-order valence-electron chi connectivity index (χ0n) is 17.7. The highest BCUT2D eigenvalue weighted by molar-refractivity contribution is 7.13. The first-order valence-electron chi connectivity index (χ1n) is 10.7. The highest BCUT2D eigenvalue weighted by atomic mass is 32.1. The number of pyridine rings is 2. The van der Waals surface area contributed by atoms with Gasteiger partial charge in [-0.05, 0) is 49.8 Å². The van der Waals surface area contributed by atoms with Gasteiger partial charge in [0.2, 0.25) is 5.88 Å². The first-order valence-corrected chi connectivity index (χ1v) is 11.5. The maximum atomic E-state index is 13.6. The van der Waals surface area contributed by atoms with Gasteiger partial charge in [-0.1, -0.05) is 0 Å². The summed E-state index contributed by atoms with van der Waals surface area (Å²) < 4.78 is 44.5. The molecule has 3 fully saturated rings. The fraction of sp³-hybridized carbons (Fsp3) is 0.391. The molecule has 3 aliphatic rings. The van der Waals surface area contributed by atoms with E-state index in [1.165, 1.54) is 17.4 Å². The van der Waals surface area contributed by atoms with Crippen LogP contribution in [0.15, 0.2) is 42.2 Å². The zero-order chi connectivity index (χ0) is 23.2. The van der Waals surface area contributed by atoms with Crippen LogP contribution in [0.25, 0.3) is 10.6 Å². The Balaban J connectivity index is 1.39. The van der Waals surface area contributed by atoms with Crippen LogP contribution in [0.1, 0.15) is 40.9 Å². The largest absolute Gasteiger partial charge is 0.472 e. The van der Waals surface area contributed by atoms with Crippen LogP contribution in [0.4, 0.5) is 13.2 Å². The second-order valence-electron chi connectivity index (χ2n) is 8.49. The van der Waals surface area contributed by atoms with Crippen LogP contribution in [0.5, 0.6) is 5.88 Å². The summed E-state index contributed by atoms with van der Waals surface area (Å²) in [6.07, 6.45) is 1.84. The van der Waals surface area contributed by atoms with E-state index in [-0.39, 0.29) is 29.9 Å². The highest BCUT2D eigenvalue weighted by Crippen LogP contribution is 2.39. The van der Waals surface area contributed by atoms with Gasteiger partial charge in [0.05, 0.1) is 11.6 Å². The number of aryl methyl sites for hydroxylation is 1. The second kappa shape index (κ2) is 8.40. The third-order valence-corrected chi connectivity index (χ3v) is 7.01. The normalized spacial score (nSPS) is 22.4. The monoisotopic (exact) mass is 474 g/mol. The van der Waals surface area contributed by atoms with Crippen LogP contribution in [-0.2, 0) is 6.18 Å². The zero-order valence-corrected chi connectivity index (χ0v) is 18.6. The number of thiazole rings is 1. The molecule has 1 saturated carbocycles. The summed E-state index contributed by atoms with van der Waals surface area (Å²) in [5.41, 5.74) is 1.18. The van der Waals surface area contributed by atoms with Gasteiger partial charge in [-0.2, -0.15) is 13.2 Å². The molecule has 5 heterocycles. The van der Waals surface area contributed by atoms with Gasteiger partial charge in [0.25, 0.3) is 5.91 Å². The average molecular weight is 475 g/mol. The fourth-order valence-electron chi connectivity index (χ4n) is 4.66. The Kier molecular flexibility index (Phi) is 5.55. The molecule has 0 radical (unpaired) electrons. The number of ether oxygens (including phenoxy) is 1. The van der Waals surface area contributed by atoms with E-state index in [2.05, 4.69) is 15.0 Å². The summed E-state index contributed by atoms with van der Waals surface area (Å²) in [6, 6.07) is 3.92. The van der Waals surface area contributed by atoms with Gasteiger partial charge in [0, 0.05) is 42.1 Å². The molecule has 3 aromatic heterocycles. The maximum Gasteiger partial charge on any atom is 0.417 e. The van der Waals surface area contributed by atoms with Crippen LogP contribution in [0.2, 0.25) is 0 Å². The molecule has 0 unspecified atom stereocenters. The van der Waals surface area contributed by atoms with Gasteiger partial charge in [-0.3, -0.25) is 9.78 Å². The van der Waals surface area contributed by atoms with Crippen molar-refractivity contribution < 1.29 is 22.7 Å². The molecule has 0 N–H and O–H groups in total. The van der Waals surface area contributed by atoms with Crippen molar-refractivity contribution in [3.63, 3.8) is 0 Å². The second-order valence-corrected chi connectivity index (χ2v) is 9.38. The molecule has 6 nitrogen and oxygen atoms in total. The molecule has 10 heteroatoms. The van der Waals surface area contributed by atoms with E-state index in [1.807, 2.05) is 18.4 Å². The molecule has 2 saturated heterocycles. The first-order chi connectivity index (χ1) is 15.8. The van der Waals surface area contributed by atoms with Crippen molar-refractivity contribution in [2.75, 3.05) is 6.54 Å². The quantitative estimate of drug-likeness (QED) is 0.532. The molecule has 2 aliphatic heterocycles. The number of fused-ring (bicyclic) bond motifs is 3. The number of rotatable bonds is 4. The summed E-state index contributed by atoms with van der Waals surface area (Å²) in [5, 5.41) is 2.59. The third-order valence-electron chi connectivity index (χ3n) is 6.21. The summed E-state index contributed by atoms with van der Waals surface area (Å²) in [5.74, 6) is 0.209. The van der Waals surface area contributed by atoms with Gasteiger partial charge >= 0.3 is 6.18 Å². The Bertz CT molecular complexity index is 1150. The van der Waals surface area contributed by atoms with E-state index >= 15 is 0 Å². The van der Waals surface area contributed by atoms with Gasteiger partial charge < -0.3 is 9.64 Å². The topological polar surface area (TPSA) is 68.2 Å². The average Bonchev–Trinajstić information content (AvgIpc) is 3.33. The Labute approximate surface area is 192 Å². The van der Waals surface area contributed by atoms with Gasteiger partial charge in [0.15, 0.2) is 0 Å². The molecular formula is C23H21F3N4O2S. The number of carbonyl (C=O) groups excluding carboxylic acids is 1. The number of carbonyl (C=O) groups is 1. The lowest BCUT2D eigenvalue weighted by Crippen LogP contribution is -2.59. The lowest BCUT2D eigenvalue weighted by Gasteiger charge is -2.49. The van der Waals surface area contributed by atoms with Crippen molar-refractivity contribution in [1.29, 1.82) is 0 Å². The summed E-state index contributed by atoms with van der Waals surface area (Å²) in [6.45, 7) is 2.53. The number of alkyl halides is 3. The molecule has 0 spiro atoms. The van der Waals surface area contributed by atoms with Crippen molar-refractivity contribution in [3.8, 4) is 16.5 Å². The Hall–Kier alpha value is -3.01. The van der Waals surface area contributed by atoms with E-state index in [1.54, 1.807) is 17.3 Å². The van der Waals surface area contributed by atoms with E-state index in [4.69, 9.17) is 4.74 Å². The molecule has 3 aromatic rings. The molecule has 2 bridgehead atoms. The number of amides is 1. The Morgan fingerprint density at radius 3 is 2.70 bits per heavy atom. The van der Waals surface area contributed by atoms with E-state index in [9.17, 15) is 18.0 Å². The first kappa shape index (κ1) is 21.8. The van der Waals surface area contributed by atoms with Crippen molar-refractivity contribution >= 4 is 17.2 Å². The number of aromatic nitrogens is 3. The van der Waals surface area contributed by atoms with Crippen LogP contribution in [0.3, 0.4) is 0 Å². The molecule has 0 aromatic carbocycles. The third kappa shape index (κ3) is 4.31.